The molecule has 5 N–H and O–H groups in total. The lowest BCUT2D eigenvalue weighted by atomic mass is 10.1. The molecule has 13 heteroatoms. The molecule has 0 spiro atoms. The van der Waals surface area contributed by atoms with E-state index in [1.54, 1.807) is 12.3 Å². The number of unbranched alkanes of at least 4 members (excludes halogenated alkanes) is 10. The molecule has 1 fully saturated rings. The second-order valence-electron chi connectivity index (χ2n) is 15.4. The molecule has 2 atom stereocenters. The van der Waals surface area contributed by atoms with E-state index in [1.807, 2.05) is 12.1 Å². The Morgan fingerprint density at radius 2 is 1.14 bits per heavy atom. The fraction of sp³-hybridized carbons (Fsp3) is 0.609. The molecule has 1 aliphatic rings. The number of hydrogen-bond acceptors (Lipinski definition) is 11. The lowest BCUT2D eigenvalue weighted by Crippen LogP contribution is -2.29. The Labute approximate surface area is 357 Å². The Hall–Kier alpha value is -3.59. The molecule has 0 radical (unpaired) electrons. The van der Waals surface area contributed by atoms with Crippen molar-refractivity contribution in [3.05, 3.63) is 94.5 Å². The molecule has 326 valence electrons. The Balaban J connectivity index is 0.907. The second-order valence-corrected chi connectivity index (χ2v) is 16.6. The van der Waals surface area contributed by atoms with Gasteiger partial charge in [0.15, 0.2) is 0 Å². The third kappa shape index (κ3) is 22.6. The van der Waals surface area contributed by atoms with E-state index in [0.717, 1.165) is 90.9 Å². The molecule has 3 aromatic rings. The highest BCUT2D eigenvalue weighted by Gasteiger charge is 2.29. The minimum absolute atomic E-state index is 0.144. The van der Waals surface area contributed by atoms with Gasteiger partial charge in [-0.25, -0.2) is 4.79 Å². The molecule has 0 aliphatic carbocycles. The van der Waals surface area contributed by atoms with E-state index in [2.05, 4.69) is 80.1 Å². The summed E-state index contributed by atoms with van der Waals surface area (Å²) in [6.07, 6.45) is 17.2. The van der Waals surface area contributed by atoms with Crippen molar-refractivity contribution in [2.24, 2.45) is 0 Å². The number of amides is 1. The van der Waals surface area contributed by atoms with Crippen molar-refractivity contribution in [2.75, 3.05) is 56.9 Å². The van der Waals surface area contributed by atoms with Gasteiger partial charge < -0.3 is 36.1 Å². The minimum atomic E-state index is -0.510. The number of esters is 1. The number of anilines is 1. The van der Waals surface area contributed by atoms with Crippen molar-refractivity contribution in [3.8, 4) is 0 Å². The van der Waals surface area contributed by atoms with Gasteiger partial charge in [0.1, 0.15) is 24.1 Å². The molecule has 2 aromatic carbocycles. The maximum absolute atomic E-state index is 12.8. The highest BCUT2D eigenvalue weighted by molar-refractivity contribution is 8.00. The van der Waals surface area contributed by atoms with Gasteiger partial charge >= 0.3 is 11.7 Å². The molecule has 1 saturated heterocycles. The summed E-state index contributed by atoms with van der Waals surface area (Å²) in [6, 6.07) is 22.6. The van der Waals surface area contributed by atoms with Crippen molar-refractivity contribution in [2.45, 2.75) is 127 Å². The summed E-state index contributed by atoms with van der Waals surface area (Å²) >= 11 is 1.50. The lowest BCUT2D eigenvalue weighted by Gasteiger charge is -2.15. The number of thioether (sulfide) groups is 1. The Morgan fingerprint density at radius 3 is 1.66 bits per heavy atom. The van der Waals surface area contributed by atoms with Gasteiger partial charge in [-0.15, -0.1) is 11.8 Å². The third-order valence-electron chi connectivity index (χ3n) is 10.3. The van der Waals surface area contributed by atoms with E-state index in [0.29, 0.717) is 18.6 Å². The van der Waals surface area contributed by atoms with Gasteiger partial charge in [0.25, 0.3) is 0 Å². The number of rotatable bonds is 34. The van der Waals surface area contributed by atoms with E-state index in [1.165, 1.54) is 78.8 Å². The Morgan fingerprint density at radius 1 is 0.644 bits per heavy atom. The van der Waals surface area contributed by atoms with Crippen LogP contribution in [-0.2, 0) is 32.2 Å². The van der Waals surface area contributed by atoms with E-state index >= 15 is 0 Å². The van der Waals surface area contributed by atoms with Crippen molar-refractivity contribution < 1.29 is 19.1 Å². The molecule has 1 aromatic heterocycles. The summed E-state index contributed by atoms with van der Waals surface area (Å²) in [6.45, 7) is 8.13. The summed E-state index contributed by atoms with van der Waals surface area (Å²) in [5.74, 6) is 0.412. The van der Waals surface area contributed by atoms with Gasteiger partial charge in [-0.3, -0.25) is 14.2 Å². The molecule has 1 amide bonds. The fourth-order valence-electron chi connectivity index (χ4n) is 6.84. The zero-order valence-corrected chi connectivity index (χ0v) is 36.1. The number of carbonyl (C=O) groups is 2. The molecule has 1 aliphatic heterocycles. The average molecular weight is 834 g/mol. The van der Waals surface area contributed by atoms with Crippen molar-refractivity contribution in [1.82, 2.24) is 30.8 Å². The van der Waals surface area contributed by atoms with E-state index in [4.69, 9.17) is 9.47 Å². The topological polar surface area (TPSA) is 148 Å². The number of nitrogens with one attached hydrogen (secondary N) is 5. The van der Waals surface area contributed by atoms with Crippen LogP contribution < -0.4 is 32.3 Å². The van der Waals surface area contributed by atoms with Crippen LogP contribution in [-0.4, -0.2) is 78.5 Å². The van der Waals surface area contributed by atoms with E-state index < -0.39 is 11.9 Å². The average Bonchev–Trinajstić information content (AvgIpc) is 3.72. The van der Waals surface area contributed by atoms with Crippen LogP contribution in [0.15, 0.2) is 77.7 Å². The quantitative estimate of drug-likeness (QED) is 0.0305. The minimum Gasteiger partial charge on any atom is -0.462 e. The molecular formula is C46H71N7O5S. The van der Waals surface area contributed by atoms with Crippen LogP contribution in [0.25, 0.3) is 0 Å². The first-order chi connectivity index (χ1) is 29.1. The largest absolute Gasteiger partial charge is 0.462 e. The molecule has 12 nitrogen and oxygen atoms in total. The number of hydrogen-bond donors (Lipinski definition) is 5. The molecule has 2 heterocycles. The molecule has 4 rings (SSSR count). The van der Waals surface area contributed by atoms with Crippen molar-refractivity contribution in [1.29, 1.82) is 0 Å². The second kappa shape index (κ2) is 31.3. The first kappa shape index (κ1) is 48.1. The van der Waals surface area contributed by atoms with Crippen LogP contribution in [0.3, 0.4) is 0 Å². The maximum Gasteiger partial charge on any atom is 0.351 e. The van der Waals surface area contributed by atoms with E-state index in [-0.39, 0.29) is 29.7 Å². The first-order valence-electron chi connectivity index (χ1n) is 22.3. The normalized spacial score (nSPS) is 15.1. The van der Waals surface area contributed by atoms with Crippen LogP contribution in [0.1, 0.15) is 120 Å². The Bertz CT molecular complexity index is 1600. The van der Waals surface area contributed by atoms with Gasteiger partial charge in [0, 0.05) is 37.9 Å². The van der Waals surface area contributed by atoms with Crippen LogP contribution in [0.2, 0.25) is 0 Å². The molecule has 0 unspecified atom stereocenters. The molecule has 0 bridgehead atoms. The highest BCUT2D eigenvalue weighted by atomic mass is 32.2. The summed E-state index contributed by atoms with van der Waals surface area (Å²) in [5.41, 5.74) is 1.83. The van der Waals surface area contributed by atoms with Gasteiger partial charge in [0.2, 0.25) is 5.91 Å². The SMILES string of the molecule is O=C(CCCCCNCCCCCCNCc1ccccc1)Nc1ccn([C@H]2CS[C@@H](COC(=O)CCCCCNCCCCCCNCc3ccccc3)O2)c(=O)n1. The summed E-state index contributed by atoms with van der Waals surface area (Å²) in [4.78, 5) is 41.6. The number of carbonyl (C=O) groups excluding carboxylic acids is 2. The van der Waals surface area contributed by atoms with Gasteiger partial charge in [-0.1, -0.05) is 99.2 Å². The predicted octanol–water partition coefficient (Wildman–Crippen LogP) is 7.31. The predicted molar refractivity (Wildman–Crippen MR) is 240 cm³/mol. The van der Waals surface area contributed by atoms with Crippen LogP contribution >= 0.6 is 11.8 Å². The van der Waals surface area contributed by atoms with Crippen molar-refractivity contribution >= 4 is 29.5 Å². The zero-order chi connectivity index (χ0) is 41.4. The van der Waals surface area contributed by atoms with Crippen LogP contribution in [0.5, 0.6) is 0 Å². The van der Waals surface area contributed by atoms with Crippen molar-refractivity contribution in [3.63, 3.8) is 0 Å². The smallest absolute Gasteiger partial charge is 0.351 e. The number of aromatic nitrogens is 2. The number of benzene rings is 2. The zero-order valence-electron chi connectivity index (χ0n) is 35.3. The van der Waals surface area contributed by atoms with Gasteiger partial charge in [0.05, 0.1) is 0 Å². The standard InChI is InChI=1S/C46H71N7O5S/c54-42(25-13-7-19-30-47-28-15-1-3-17-32-49-35-39-21-9-5-10-22-39)51-41-27-34-53(46(56)52-41)43-38-59-45(58-43)37-57-44(55)26-14-8-20-31-48-29-16-2-4-18-33-50-36-40-23-11-6-12-24-40/h5-6,9-12,21-24,27,34,43,45,47-50H,1-4,7-8,13-20,25-26,28-33,35-38H2,(H,51,52,54,56)/t43-,45+/m1/s1. The summed E-state index contributed by atoms with van der Waals surface area (Å²) < 4.78 is 12.9. The summed E-state index contributed by atoms with van der Waals surface area (Å²) in [7, 11) is 0. The summed E-state index contributed by atoms with van der Waals surface area (Å²) in [5, 5.41) is 16.8. The molecule has 59 heavy (non-hydrogen) atoms. The van der Waals surface area contributed by atoms with E-state index in [9.17, 15) is 14.4 Å². The van der Waals surface area contributed by atoms with Gasteiger partial charge in [-0.05, 0) is 108 Å². The monoisotopic (exact) mass is 834 g/mol. The molecule has 0 saturated carbocycles. The number of ether oxygens (including phenoxy) is 2. The van der Waals surface area contributed by atoms with Crippen LogP contribution in [0, 0.1) is 0 Å². The fourth-order valence-corrected chi connectivity index (χ4v) is 7.83. The Kier molecular flexibility index (Phi) is 25.5. The van der Waals surface area contributed by atoms with Crippen LogP contribution in [0.4, 0.5) is 5.82 Å². The lowest BCUT2D eigenvalue weighted by molar-refractivity contribution is -0.147. The van der Waals surface area contributed by atoms with Gasteiger partial charge in [-0.2, -0.15) is 4.98 Å². The highest BCUT2D eigenvalue weighted by Crippen LogP contribution is 2.31. The third-order valence-corrected chi connectivity index (χ3v) is 11.4. The molecular weight excluding hydrogens is 763 g/mol. The first-order valence-corrected chi connectivity index (χ1v) is 23.3. The maximum atomic E-state index is 12.8. The number of nitrogens with zero attached hydrogens (tertiary/aromatic N) is 2.